The number of anilines is 3. The van der Waals surface area contributed by atoms with Gasteiger partial charge in [-0.15, -0.1) is 0 Å². The molecule has 4 heterocycles. The molecule has 2 aliphatic rings. The number of rotatable bonds is 5. The van der Waals surface area contributed by atoms with E-state index in [4.69, 9.17) is 14.5 Å². The van der Waals surface area contributed by atoms with Crippen LogP contribution in [0.25, 0.3) is 0 Å². The highest BCUT2D eigenvalue weighted by atomic mass is 32.2. The predicted molar refractivity (Wildman–Crippen MR) is 113 cm³/mol. The summed E-state index contributed by atoms with van der Waals surface area (Å²) in [5.41, 5.74) is 1.32. The maximum absolute atomic E-state index is 12.9. The van der Waals surface area contributed by atoms with E-state index in [0.717, 1.165) is 5.69 Å². The Bertz CT molecular complexity index is 1000. The normalized spacial score (nSPS) is 22.1. The third-order valence-corrected chi connectivity index (χ3v) is 7.84. The van der Waals surface area contributed by atoms with Crippen LogP contribution in [0.3, 0.4) is 0 Å². The van der Waals surface area contributed by atoms with Crippen molar-refractivity contribution in [3.8, 4) is 0 Å². The van der Waals surface area contributed by atoms with Gasteiger partial charge in [-0.3, -0.25) is 5.10 Å². The second-order valence-electron chi connectivity index (χ2n) is 7.98. The van der Waals surface area contributed by atoms with Crippen LogP contribution in [0.15, 0.2) is 12.1 Å². The Morgan fingerprint density at radius 2 is 1.97 bits per heavy atom. The van der Waals surface area contributed by atoms with Gasteiger partial charge in [0.25, 0.3) is 0 Å². The Hall–Kier alpha value is -2.24. The van der Waals surface area contributed by atoms with E-state index >= 15 is 0 Å². The number of aromatic amines is 1. The molecule has 11 heteroatoms. The average molecular weight is 437 g/mol. The van der Waals surface area contributed by atoms with Crippen LogP contribution in [0.1, 0.15) is 31.2 Å². The molecule has 2 saturated heterocycles. The number of hydrogen-bond donors (Lipinski definition) is 2. The number of sulfone groups is 1. The molecule has 30 heavy (non-hydrogen) atoms. The number of H-pyrrole nitrogens is 1. The van der Waals surface area contributed by atoms with Gasteiger partial charge in [0.15, 0.2) is 9.84 Å². The standard InChI is InChI=1S/C19H28N6O4S/c1-13-10-16(24-23-13)21-18-20-15(19(30(3,26)27)4-7-28-8-5-19)11-17(22-18)25-6-9-29-12-14(25)2/h10-11,14H,4-9,12H2,1-3H3,(H2,20,21,22,23,24). The molecule has 2 aromatic heterocycles. The molecule has 164 valence electrons. The number of ether oxygens (including phenoxy) is 2. The first kappa shape index (κ1) is 21.0. The summed E-state index contributed by atoms with van der Waals surface area (Å²) in [6.45, 7) is 6.55. The highest BCUT2D eigenvalue weighted by molar-refractivity contribution is 7.91. The second-order valence-corrected chi connectivity index (χ2v) is 10.3. The van der Waals surface area contributed by atoms with E-state index < -0.39 is 14.6 Å². The molecule has 4 rings (SSSR count). The Morgan fingerprint density at radius 1 is 1.20 bits per heavy atom. The number of hydrogen-bond acceptors (Lipinski definition) is 9. The monoisotopic (exact) mass is 436 g/mol. The third-order valence-electron chi connectivity index (χ3n) is 5.80. The van der Waals surface area contributed by atoms with Gasteiger partial charge in [0.1, 0.15) is 16.4 Å². The molecule has 2 fully saturated rings. The van der Waals surface area contributed by atoms with E-state index in [-0.39, 0.29) is 6.04 Å². The zero-order valence-corrected chi connectivity index (χ0v) is 18.3. The van der Waals surface area contributed by atoms with Gasteiger partial charge in [-0.1, -0.05) is 0 Å². The highest BCUT2D eigenvalue weighted by Crippen LogP contribution is 2.40. The molecule has 2 N–H and O–H groups in total. The molecule has 0 spiro atoms. The van der Waals surface area contributed by atoms with Gasteiger partial charge in [0.05, 0.1) is 30.6 Å². The van der Waals surface area contributed by atoms with Gasteiger partial charge < -0.3 is 19.7 Å². The Balaban J connectivity index is 1.82. The summed E-state index contributed by atoms with van der Waals surface area (Å²) in [6, 6.07) is 3.78. The van der Waals surface area contributed by atoms with E-state index in [0.29, 0.717) is 69.1 Å². The van der Waals surface area contributed by atoms with E-state index in [1.807, 2.05) is 19.1 Å². The smallest absolute Gasteiger partial charge is 0.230 e. The second kappa shape index (κ2) is 8.12. The molecule has 0 amide bonds. The molecule has 2 aromatic rings. The van der Waals surface area contributed by atoms with Gasteiger partial charge in [-0.25, -0.2) is 13.4 Å². The van der Waals surface area contributed by atoms with E-state index in [1.165, 1.54) is 6.26 Å². The van der Waals surface area contributed by atoms with Crippen molar-refractivity contribution in [3.05, 3.63) is 23.5 Å². The molecular formula is C19H28N6O4S. The number of aromatic nitrogens is 4. The van der Waals surface area contributed by atoms with Crippen molar-refractivity contribution in [2.75, 3.05) is 49.4 Å². The van der Waals surface area contributed by atoms with Crippen molar-refractivity contribution < 1.29 is 17.9 Å². The summed E-state index contributed by atoms with van der Waals surface area (Å²) in [5.74, 6) is 1.66. The van der Waals surface area contributed by atoms with Crippen molar-refractivity contribution in [1.82, 2.24) is 20.2 Å². The lowest BCUT2D eigenvalue weighted by atomic mass is 9.94. The van der Waals surface area contributed by atoms with Gasteiger partial charge in [-0.2, -0.15) is 10.1 Å². The average Bonchev–Trinajstić information content (AvgIpc) is 3.12. The highest BCUT2D eigenvalue weighted by Gasteiger charge is 2.46. The van der Waals surface area contributed by atoms with Crippen LogP contribution in [0, 0.1) is 6.92 Å². The minimum atomic E-state index is -3.45. The Kier molecular flexibility index (Phi) is 5.69. The minimum Gasteiger partial charge on any atom is -0.381 e. The molecule has 0 radical (unpaired) electrons. The van der Waals surface area contributed by atoms with Crippen LogP contribution < -0.4 is 10.2 Å². The van der Waals surface area contributed by atoms with Crippen LogP contribution >= 0.6 is 0 Å². The Morgan fingerprint density at radius 3 is 2.60 bits per heavy atom. The maximum atomic E-state index is 12.9. The van der Waals surface area contributed by atoms with E-state index in [2.05, 4.69) is 32.3 Å². The van der Waals surface area contributed by atoms with Gasteiger partial charge in [0, 0.05) is 38.1 Å². The summed E-state index contributed by atoms with van der Waals surface area (Å²) >= 11 is 0. The lowest BCUT2D eigenvalue weighted by Crippen LogP contribution is -2.45. The predicted octanol–water partition coefficient (Wildman–Crippen LogP) is 1.53. The van der Waals surface area contributed by atoms with Crippen LogP contribution in [-0.2, 0) is 24.1 Å². The van der Waals surface area contributed by atoms with Crippen molar-refractivity contribution in [2.24, 2.45) is 0 Å². The summed E-state index contributed by atoms with van der Waals surface area (Å²) in [6.07, 6.45) is 2.01. The van der Waals surface area contributed by atoms with Crippen molar-refractivity contribution in [1.29, 1.82) is 0 Å². The van der Waals surface area contributed by atoms with Crippen LogP contribution in [0.5, 0.6) is 0 Å². The van der Waals surface area contributed by atoms with Gasteiger partial charge in [0.2, 0.25) is 5.95 Å². The lowest BCUT2D eigenvalue weighted by Gasteiger charge is -2.37. The van der Waals surface area contributed by atoms with Crippen molar-refractivity contribution >= 4 is 27.4 Å². The molecular weight excluding hydrogens is 408 g/mol. The molecule has 0 aliphatic carbocycles. The van der Waals surface area contributed by atoms with Crippen molar-refractivity contribution in [2.45, 2.75) is 37.5 Å². The van der Waals surface area contributed by atoms with Gasteiger partial charge >= 0.3 is 0 Å². The van der Waals surface area contributed by atoms with Gasteiger partial charge in [-0.05, 0) is 26.7 Å². The first-order chi connectivity index (χ1) is 14.3. The minimum absolute atomic E-state index is 0.118. The molecule has 1 unspecified atom stereocenters. The summed E-state index contributed by atoms with van der Waals surface area (Å²) in [5, 5.41) is 10.2. The van der Waals surface area contributed by atoms with E-state index in [1.54, 1.807) is 0 Å². The summed E-state index contributed by atoms with van der Waals surface area (Å²) in [4.78, 5) is 11.5. The number of nitrogens with one attached hydrogen (secondary N) is 2. The molecule has 1 atom stereocenters. The quantitative estimate of drug-likeness (QED) is 0.718. The fraction of sp³-hybridized carbons (Fsp3) is 0.632. The van der Waals surface area contributed by atoms with E-state index in [9.17, 15) is 8.42 Å². The molecule has 0 aromatic carbocycles. The zero-order chi connectivity index (χ0) is 21.4. The summed E-state index contributed by atoms with van der Waals surface area (Å²) < 4.78 is 35.8. The fourth-order valence-corrected chi connectivity index (χ4v) is 5.46. The zero-order valence-electron chi connectivity index (χ0n) is 17.5. The lowest BCUT2D eigenvalue weighted by molar-refractivity contribution is 0.0731. The Labute approximate surface area is 176 Å². The number of nitrogens with zero attached hydrogens (tertiary/aromatic N) is 4. The number of aryl methyl sites for hydroxylation is 1. The fourth-order valence-electron chi connectivity index (χ4n) is 4.06. The SMILES string of the molecule is Cc1cc(Nc2nc(N3CCOCC3C)cc(C3(S(C)(=O)=O)CCOCC3)n2)[nH]n1. The largest absolute Gasteiger partial charge is 0.381 e. The van der Waals surface area contributed by atoms with Crippen LogP contribution in [-0.4, -0.2) is 73.9 Å². The van der Waals surface area contributed by atoms with Crippen LogP contribution in [0.4, 0.5) is 17.6 Å². The third kappa shape index (κ3) is 4.01. The first-order valence-corrected chi connectivity index (χ1v) is 12.0. The molecule has 0 saturated carbocycles. The molecule has 0 bridgehead atoms. The van der Waals surface area contributed by atoms with Crippen molar-refractivity contribution in [3.63, 3.8) is 0 Å². The molecule has 10 nitrogen and oxygen atoms in total. The topological polar surface area (TPSA) is 122 Å². The first-order valence-electron chi connectivity index (χ1n) is 10.1. The maximum Gasteiger partial charge on any atom is 0.230 e. The van der Waals surface area contributed by atoms with Crippen LogP contribution in [0.2, 0.25) is 0 Å². The number of morpholine rings is 1. The molecule has 2 aliphatic heterocycles. The summed E-state index contributed by atoms with van der Waals surface area (Å²) in [7, 11) is -3.45.